The molecule has 0 amide bonds. The van der Waals surface area contributed by atoms with Crippen molar-refractivity contribution in [3.63, 3.8) is 0 Å². The number of nitrogens with zero attached hydrogens (tertiary/aromatic N) is 2. The third-order valence-corrected chi connectivity index (χ3v) is 4.98. The van der Waals surface area contributed by atoms with Crippen LogP contribution in [0.15, 0.2) is 47.4 Å². The van der Waals surface area contributed by atoms with Crippen LogP contribution in [0.4, 0.5) is 17.6 Å². The molecule has 26 heavy (non-hydrogen) atoms. The molecule has 0 aliphatic rings. The van der Waals surface area contributed by atoms with Gasteiger partial charge in [-0.2, -0.15) is 4.98 Å². The normalized spacial score (nSPS) is 11.3. The van der Waals surface area contributed by atoms with Crippen molar-refractivity contribution in [2.24, 2.45) is 0 Å². The number of anilines is 3. The van der Waals surface area contributed by atoms with Gasteiger partial charge in [-0.3, -0.25) is 0 Å². The molecule has 1 heterocycles. The second kappa shape index (κ2) is 7.53. The van der Waals surface area contributed by atoms with Gasteiger partial charge in [-0.25, -0.2) is 13.5 Å². The highest BCUT2D eigenvalue weighted by Crippen LogP contribution is 2.24. The quantitative estimate of drug-likeness (QED) is 0.569. The lowest BCUT2D eigenvalue weighted by molar-refractivity contribution is 0.602. The minimum atomic E-state index is -3.20. The molecular weight excluding hydrogens is 397 g/mol. The van der Waals surface area contributed by atoms with E-state index < -0.39 is 9.84 Å². The predicted octanol–water partition coefficient (Wildman–Crippen LogP) is 3.87. The van der Waals surface area contributed by atoms with Gasteiger partial charge in [0.1, 0.15) is 0 Å². The first-order valence-electron chi connectivity index (χ1n) is 7.48. The molecule has 10 heteroatoms. The van der Waals surface area contributed by atoms with Crippen LogP contribution in [0.5, 0.6) is 0 Å². The number of hydrogen-bond acceptors (Lipinski definition) is 6. The first kappa shape index (κ1) is 18.5. The molecule has 0 fully saturated rings. The van der Waals surface area contributed by atoms with Gasteiger partial charge >= 0.3 is 0 Å². The summed E-state index contributed by atoms with van der Waals surface area (Å²) in [6.45, 7) is 0.449. The van der Waals surface area contributed by atoms with E-state index in [2.05, 4.69) is 25.8 Å². The van der Waals surface area contributed by atoms with Gasteiger partial charge in [0.2, 0.25) is 11.9 Å². The minimum absolute atomic E-state index is 0.283. The van der Waals surface area contributed by atoms with Gasteiger partial charge in [-0.15, -0.1) is 5.10 Å². The Hall–Kier alpha value is -2.29. The summed E-state index contributed by atoms with van der Waals surface area (Å²) in [7, 11) is -3.20. The monoisotopic (exact) mass is 411 g/mol. The maximum atomic E-state index is 11.5. The molecule has 3 aromatic rings. The molecule has 2 aromatic carbocycles. The zero-order chi connectivity index (χ0) is 18.7. The van der Waals surface area contributed by atoms with E-state index in [0.29, 0.717) is 34.2 Å². The van der Waals surface area contributed by atoms with Gasteiger partial charge in [0.25, 0.3) is 0 Å². The second-order valence-electron chi connectivity index (χ2n) is 5.56. The molecule has 0 aliphatic heterocycles. The number of halogens is 2. The van der Waals surface area contributed by atoms with Crippen LogP contribution in [0.1, 0.15) is 5.56 Å². The van der Waals surface area contributed by atoms with Crippen LogP contribution >= 0.6 is 23.2 Å². The standard InChI is InChI=1S/C16H15Cl2N5O2S/c1-26(24,25)14-4-2-10(3-5-14)9-19-15-21-16(23-22-15)20-13-7-11(17)6-12(18)8-13/h2-8H,9H2,1H3,(H3,19,20,21,22,23). The fourth-order valence-electron chi connectivity index (χ4n) is 2.20. The van der Waals surface area contributed by atoms with Crippen molar-refractivity contribution in [1.82, 2.24) is 15.2 Å². The van der Waals surface area contributed by atoms with Crippen molar-refractivity contribution in [3.8, 4) is 0 Å². The lowest BCUT2D eigenvalue weighted by Crippen LogP contribution is -2.02. The van der Waals surface area contributed by atoms with E-state index in [4.69, 9.17) is 23.2 Å². The van der Waals surface area contributed by atoms with Crippen LogP contribution in [-0.2, 0) is 16.4 Å². The summed E-state index contributed by atoms with van der Waals surface area (Å²) in [5, 5.41) is 13.9. The minimum Gasteiger partial charge on any atom is -0.349 e. The number of sulfone groups is 1. The molecule has 7 nitrogen and oxygen atoms in total. The van der Waals surface area contributed by atoms with Gasteiger partial charge in [0, 0.05) is 28.5 Å². The highest BCUT2D eigenvalue weighted by atomic mass is 35.5. The summed E-state index contributed by atoms with van der Waals surface area (Å²) in [4.78, 5) is 4.55. The van der Waals surface area contributed by atoms with Crippen molar-refractivity contribution in [2.45, 2.75) is 11.4 Å². The van der Waals surface area contributed by atoms with Crippen molar-refractivity contribution < 1.29 is 8.42 Å². The van der Waals surface area contributed by atoms with Gasteiger partial charge in [0.05, 0.1) is 4.90 Å². The van der Waals surface area contributed by atoms with Crippen molar-refractivity contribution in [2.75, 3.05) is 16.9 Å². The van der Waals surface area contributed by atoms with Crippen LogP contribution in [0.2, 0.25) is 10.0 Å². The molecule has 0 atom stereocenters. The Labute approximate surface area is 160 Å². The smallest absolute Gasteiger partial charge is 0.243 e. The van der Waals surface area contributed by atoms with E-state index in [-0.39, 0.29) is 4.90 Å². The number of rotatable bonds is 6. The van der Waals surface area contributed by atoms with Crippen LogP contribution in [-0.4, -0.2) is 29.9 Å². The first-order chi connectivity index (χ1) is 12.3. The number of aromatic nitrogens is 3. The third-order valence-electron chi connectivity index (χ3n) is 3.41. The highest BCUT2D eigenvalue weighted by Gasteiger charge is 2.07. The Morgan fingerprint density at radius 3 is 2.35 bits per heavy atom. The molecule has 0 radical (unpaired) electrons. The molecule has 0 spiro atoms. The molecule has 0 saturated carbocycles. The zero-order valence-electron chi connectivity index (χ0n) is 13.6. The van der Waals surface area contributed by atoms with E-state index >= 15 is 0 Å². The number of hydrogen-bond donors (Lipinski definition) is 3. The van der Waals surface area contributed by atoms with Gasteiger partial charge in [-0.1, -0.05) is 35.3 Å². The van der Waals surface area contributed by atoms with Crippen LogP contribution in [0.25, 0.3) is 0 Å². The van der Waals surface area contributed by atoms with Crippen molar-refractivity contribution >= 4 is 50.6 Å². The van der Waals surface area contributed by atoms with Crippen molar-refractivity contribution in [3.05, 3.63) is 58.1 Å². The molecule has 0 unspecified atom stereocenters. The fourth-order valence-corrected chi connectivity index (χ4v) is 3.35. The van der Waals surface area contributed by atoms with Crippen molar-refractivity contribution in [1.29, 1.82) is 0 Å². The Bertz CT molecular complexity index is 999. The summed E-state index contributed by atoms with van der Waals surface area (Å²) < 4.78 is 22.9. The Morgan fingerprint density at radius 1 is 1.08 bits per heavy atom. The second-order valence-corrected chi connectivity index (χ2v) is 8.45. The molecule has 3 rings (SSSR count). The molecule has 1 aromatic heterocycles. The van der Waals surface area contributed by atoms with E-state index in [1.807, 2.05) is 0 Å². The van der Waals surface area contributed by atoms with Gasteiger partial charge < -0.3 is 10.6 Å². The van der Waals surface area contributed by atoms with Crippen LogP contribution in [0, 0.1) is 0 Å². The van der Waals surface area contributed by atoms with Gasteiger partial charge in [-0.05, 0) is 35.9 Å². The fraction of sp³-hybridized carbons (Fsp3) is 0.125. The molecule has 0 bridgehead atoms. The summed E-state index contributed by atoms with van der Waals surface area (Å²) in [6, 6.07) is 11.7. The summed E-state index contributed by atoms with van der Waals surface area (Å²) in [5.74, 6) is 0.825. The number of nitrogens with one attached hydrogen (secondary N) is 3. The summed E-state index contributed by atoms with van der Waals surface area (Å²) >= 11 is 11.9. The highest BCUT2D eigenvalue weighted by molar-refractivity contribution is 7.90. The Morgan fingerprint density at radius 2 is 1.73 bits per heavy atom. The average Bonchev–Trinajstić information content (AvgIpc) is 2.99. The molecule has 0 saturated heterocycles. The first-order valence-corrected chi connectivity index (χ1v) is 10.1. The maximum absolute atomic E-state index is 11.5. The molecule has 3 N–H and O–H groups in total. The largest absolute Gasteiger partial charge is 0.349 e. The zero-order valence-corrected chi connectivity index (χ0v) is 16.0. The Kier molecular flexibility index (Phi) is 5.36. The SMILES string of the molecule is CS(=O)(=O)c1ccc(CNc2n[nH]c(Nc3cc(Cl)cc(Cl)c3)n2)cc1. The number of aromatic amines is 1. The van der Waals surface area contributed by atoms with E-state index in [1.54, 1.807) is 42.5 Å². The predicted molar refractivity (Wildman–Crippen MR) is 103 cm³/mol. The topological polar surface area (TPSA) is 99.8 Å². The number of benzene rings is 2. The molecule has 136 valence electrons. The summed E-state index contributed by atoms with van der Waals surface area (Å²) in [6.07, 6.45) is 1.18. The lowest BCUT2D eigenvalue weighted by atomic mass is 10.2. The third kappa shape index (κ3) is 4.87. The van der Waals surface area contributed by atoms with Crippen LogP contribution < -0.4 is 10.6 Å². The lowest BCUT2D eigenvalue weighted by Gasteiger charge is -2.04. The average molecular weight is 412 g/mol. The van der Waals surface area contributed by atoms with Gasteiger partial charge in [0.15, 0.2) is 9.84 Å². The molecular formula is C16H15Cl2N5O2S. The van der Waals surface area contributed by atoms with E-state index in [1.165, 1.54) is 6.26 Å². The van der Waals surface area contributed by atoms with E-state index in [0.717, 1.165) is 5.56 Å². The maximum Gasteiger partial charge on any atom is 0.243 e. The Balaban J connectivity index is 1.61. The summed E-state index contributed by atoms with van der Waals surface area (Å²) in [5.41, 5.74) is 1.58. The van der Waals surface area contributed by atoms with E-state index in [9.17, 15) is 8.42 Å². The van der Waals surface area contributed by atoms with Crippen LogP contribution in [0.3, 0.4) is 0 Å². The number of H-pyrrole nitrogens is 1. The molecule has 0 aliphatic carbocycles.